The number of amides is 1. The Balaban J connectivity index is 1.74. The van der Waals surface area contributed by atoms with E-state index in [9.17, 15) is 19.5 Å². The summed E-state index contributed by atoms with van der Waals surface area (Å²) in [4.78, 5) is 38.5. The Morgan fingerprint density at radius 3 is 2.71 bits per heavy atom. The third-order valence-electron chi connectivity index (χ3n) is 5.98. The van der Waals surface area contributed by atoms with Crippen LogP contribution in [0.4, 0.5) is 5.69 Å². The first-order valence-corrected chi connectivity index (χ1v) is 11.2. The number of anilines is 1. The number of nitrogens with one attached hydrogen (secondary N) is 1. The molecule has 1 aromatic carbocycles. The molecule has 8 heteroatoms. The lowest BCUT2D eigenvalue weighted by atomic mass is 9.85. The van der Waals surface area contributed by atoms with Crippen LogP contribution in [0.2, 0.25) is 0 Å². The van der Waals surface area contributed by atoms with Gasteiger partial charge in [0, 0.05) is 0 Å². The lowest BCUT2D eigenvalue weighted by molar-refractivity contribution is -0.146. The van der Waals surface area contributed by atoms with Gasteiger partial charge in [-0.1, -0.05) is 44.2 Å². The van der Waals surface area contributed by atoms with Gasteiger partial charge in [-0.05, 0) is 37.8 Å². The molecule has 1 amide bonds. The van der Waals surface area contributed by atoms with E-state index in [-0.39, 0.29) is 13.2 Å². The third-order valence-corrected chi connectivity index (χ3v) is 5.98. The molecule has 2 aliphatic rings. The van der Waals surface area contributed by atoms with Gasteiger partial charge in [0.05, 0.1) is 12.3 Å². The number of aliphatic carboxylic acids is 1. The van der Waals surface area contributed by atoms with Gasteiger partial charge in [0.1, 0.15) is 31.0 Å². The number of fused-ring (bicyclic) bond motifs is 1. The third kappa shape index (κ3) is 6.19. The number of esters is 1. The van der Waals surface area contributed by atoms with E-state index in [2.05, 4.69) is 5.32 Å². The van der Waals surface area contributed by atoms with Crippen LogP contribution in [0.3, 0.4) is 0 Å². The maximum Gasteiger partial charge on any atom is 0.323 e. The van der Waals surface area contributed by atoms with E-state index in [4.69, 9.17) is 9.47 Å². The van der Waals surface area contributed by atoms with E-state index in [1.807, 2.05) is 0 Å². The molecule has 0 spiro atoms. The molecular formula is C23H32N2O6. The molecule has 2 atom stereocenters. The highest BCUT2D eigenvalue weighted by atomic mass is 16.5. The molecule has 2 N–H and O–H groups in total. The van der Waals surface area contributed by atoms with Gasteiger partial charge in [-0.15, -0.1) is 0 Å². The first kappa shape index (κ1) is 23.1. The second kappa shape index (κ2) is 11.1. The maximum atomic E-state index is 13.2. The van der Waals surface area contributed by atoms with Crippen molar-refractivity contribution >= 4 is 23.5 Å². The van der Waals surface area contributed by atoms with Crippen LogP contribution in [0.25, 0.3) is 0 Å². The van der Waals surface area contributed by atoms with Gasteiger partial charge in [-0.25, -0.2) is 0 Å². The maximum absolute atomic E-state index is 13.2. The zero-order chi connectivity index (χ0) is 22.2. The first-order chi connectivity index (χ1) is 15.0. The zero-order valence-corrected chi connectivity index (χ0v) is 18.0. The van der Waals surface area contributed by atoms with Crippen molar-refractivity contribution in [1.82, 2.24) is 5.32 Å². The number of nitrogens with zero attached hydrogens (tertiary/aromatic N) is 1. The highest BCUT2D eigenvalue weighted by Gasteiger charge is 2.35. The standard InChI is InChI=1S/C23H32N2O6/c1-2-30-23(29)17(13-12-16-8-4-3-5-9-16)24-18-15-31-20-11-7-6-10-19(20)25(22(18)28)14-21(26)27/h6-7,10-11,16-18,24H,2-5,8-9,12-15H2,1H3,(H,26,27)/t17?,18-/m0/s1. The molecule has 0 aromatic heterocycles. The van der Waals surface area contributed by atoms with E-state index >= 15 is 0 Å². The fraction of sp³-hybridized carbons (Fsp3) is 0.609. The summed E-state index contributed by atoms with van der Waals surface area (Å²) in [5, 5.41) is 12.5. The summed E-state index contributed by atoms with van der Waals surface area (Å²) >= 11 is 0. The van der Waals surface area contributed by atoms with Gasteiger partial charge in [0.15, 0.2) is 0 Å². The SMILES string of the molecule is CCOC(=O)C(CCC1CCCCC1)N[C@H]1COc2ccccc2N(CC(=O)O)C1=O. The molecule has 1 aliphatic heterocycles. The van der Waals surface area contributed by atoms with Crippen molar-refractivity contribution in [1.29, 1.82) is 0 Å². The minimum atomic E-state index is -1.12. The second-order valence-electron chi connectivity index (χ2n) is 8.20. The van der Waals surface area contributed by atoms with E-state index in [0.717, 1.165) is 6.42 Å². The van der Waals surface area contributed by atoms with Gasteiger partial charge < -0.3 is 14.6 Å². The largest absolute Gasteiger partial charge is 0.489 e. The highest BCUT2D eigenvalue weighted by Crippen LogP contribution is 2.31. The Bertz CT molecular complexity index is 777. The van der Waals surface area contributed by atoms with E-state index < -0.39 is 36.5 Å². The number of benzene rings is 1. The van der Waals surface area contributed by atoms with Gasteiger partial charge in [0.2, 0.25) is 5.91 Å². The van der Waals surface area contributed by atoms with Gasteiger partial charge >= 0.3 is 11.9 Å². The molecule has 1 aromatic rings. The first-order valence-electron chi connectivity index (χ1n) is 11.2. The topological polar surface area (TPSA) is 105 Å². The number of carboxylic acid groups (broad SMARTS) is 1. The van der Waals surface area contributed by atoms with Gasteiger partial charge in [-0.3, -0.25) is 24.6 Å². The number of ether oxygens (including phenoxy) is 2. The van der Waals surface area contributed by atoms with Crippen LogP contribution in [-0.4, -0.2) is 54.8 Å². The molecule has 1 aliphatic carbocycles. The van der Waals surface area contributed by atoms with Crippen molar-refractivity contribution in [3.63, 3.8) is 0 Å². The molecule has 0 bridgehead atoms. The van der Waals surface area contributed by atoms with Crippen LogP contribution in [0.15, 0.2) is 24.3 Å². The van der Waals surface area contributed by atoms with Crippen LogP contribution in [0.1, 0.15) is 51.9 Å². The zero-order valence-electron chi connectivity index (χ0n) is 18.0. The summed E-state index contributed by atoms with van der Waals surface area (Å²) < 4.78 is 11.1. The highest BCUT2D eigenvalue weighted by molar-refractivity contribution is 6.02. The van der Waals surface area contributed by atoms with Crippen molar-refractivity contribution in [3.05, 3.63) is 24.3 Å². The van der Waals surface area contributed by atoms with E-state index in [1.165, 1.54) is 37.0 Å². The molecule has 1 heterocycles. The predicted octanol–water partition coefficient (Wildman–Crippen LogP) is 2.75. The average Bonchev–Trinajstić information content (AvgIpc) is 2.89. The fourth-order valence-electron chi connectivity index (χ4n) is 4.40. The summed E-state index contributed by atoms with van der Waals surface area (Å²) in [6.07, 6.45) is 7.50. The summed E-state index contributed by atoms with van der Waals surface area (Å²) in [6.45, 7) is 1.53. The van der Waals surface area contributed by atoms with Crippen LogP contribution >= 0.6 is 0 Å². The summed E-state index contributed by atoms with van der Waals surface area (Å²) in [5.74, 6) is -0.919. The molecule has 1 fully saturated rings. The molecule has 0 radical (unpaired) electrons. The molecule has 0 saturated heterocycles. The molecular weight excluding hydrogens is 400 g/mol. The van der Waals surface area contributed by atoms with Crippen LogP contribution in [0.5, 0.6) is 5.75 Å². The summed E-state index contributed by atoms with van der Waals surface area (Å²) in [6, 6.07) is 5.35. The van der Waals surface area contributed by atoms with Gasteiger partial charge in [0.25, 0.3) is 0 Å². The lowest BCUT2D eigenvalue weighted by Gasteiger charge is -2.27. The Kier molecular flexibility index (Phi) is 8.28. The molecule has 1 unspecified atom stereocenters. The van der Waals surface area contributed by atoms with Crippen molar-refractivity contribution in [2.24, 2.45) is 5.92 Å². The van der Waals surface area contributed by atoms with Crippen LogP contribution in [-0.2, 0) is 19.1 Å². The lowest BCUT2D eigenvalue weighted by Crippen LogP contribution is -2.54. The number of rotatable bonds is 9. The molecule has 3 rings (SSSR count). The minimum Gasteiger partial charge on any atom is -0.489 e. The molecule has 1 saturated carbocycles. The molecule has 8 nitrogen and oxygen atoms in total. The second-order valence-corrected chi connectivity index (χ2v) is 8.20. The van der Waals surface area contributed by atoms with Crippen molar-refractivity contribution in [3.8, 4) is 5.75 Å². The van der Waals surface area contributed by atoms with Crippen LogP contribution in [0, 0.1) is 5.92 Å². The summed E-state index contributed by atoms with van der Waals surface area (Å²) in [7, 11) is 0. The number of carboxylic acids is 1. The van der Waals surface area contributed by atoms with E-state index in [0.29, 0.717) is 23.8 Å². The Morgan fingerprint density at radius 2 is 2.00 bits per heavy atom. The van der Waals surface area contributed by atoms with Gasteiger partial charge in [-0.2, -0.15) is 0 Å². The normalized spacial score (nSPS) is 20.4. The van der Waals surface area contributed by atoms with Crippen LogP contribution < -0.4 is 15.0 Å². The van der Waals surface area contributed by atoms with Crippen molar-refractivity contribution in [2.75, 3.05) is 24.7 Å². The van der Waals surface area contributed by atoms with E-state index in [1.54, 1.807) is 31.2 Å². The fourth-order valence-corrected chi connectivity index (χ4v) is 4.40. The molecule has 31 heavy (non-hydrogen) atoms. The van der Waals surface area contributed by atoms with Crippen molar-refractivity contribution in [2.45, 2.75) is 64.0 Å². The number of carbonyl (C=O) groups is 3. The average molecular weight is 433 g/mol. The Morgan fingerprint density at radius 1 is 1.26 bits per heavy atom. The van der Waals surface area contributed by atoms with Crippen molar-refractivity contribution < 1.29 is 29.0 Å². The summed E-state index contributed by atoms with van der Waals surface area (Å²) in [5.41, 5.74) is 0.411. The smallest absolute Gasteiger partial charge is 0.323 e. The number of carbonyl (C=O) groups excluding carboxylic acids is 2. The monoisotopic (exact) mass is 432 g/mol. The minimum absolute atomic E-state index is 0.00526. The number of para-hydroxylation sites is 2. The predicted molar refractivity (Wildman–Crippen MR) is 115 cm³/mol. The molecule has 170 valence electrons. The number of hydrogen-bond acceptors (Lipinski definition) is 6. The number of hydrogen-bond donors (Lipinski definition) is 2. The Labute approximate surface area is 182 Å². The quantitative estimate of drug-likeness (QED) is 0.578. The Hall–Kier alpha value is -2.61.